The van der Waals surface area contributed by atoms with E-state index in [4.69, 9.17) is 10.7 Å². The van der Waals surface area contributed by atoms with E-state index in [0.717, 1.165) is 67.8 Å². The Labute approximate surface area is 205 Å². The molecule has 0 aliphatic carbocycles. The van der Waals surface area contributed by atoms with Gasteiger partial charge in [-0.3, -0.25) is 4.79 Å². The van der Waals surface area contributed by atoms with Gasteiger partial charge in [0, 0.05) is 61.4 Å². The number of primary amides is 1. The molecule has 31 heavy (non-hydrogen) atoms. The highest BCUT2D eigenvalue weighted by molar-refractivity contribution is 14.0. The second-order valence-electron chi connectivity index (χ2n) is 7.39. The normalized spacial score (nSPS) is 14.8. The van der Waals surface area contributed by atoms with Crippen molar-refractivity contribution in [3.63, 3.8) is 0 Å². The van der Waals surface area contributed by atoms with Gasteiger partial charge in [-0.25, -0.2) is 15.0 Å². The minimum Gasteiger partial charge on any atom is -0.369 e. The fourth-order valence-corrected chi connectivity index (χ4v) is 4.31. The van der Waals surface area contributed by atoms with Crippen LogP contribution < -0.4 is 21.3 Å². The Kier molecular flexibility index (Phi) is 10.4. The van der Waals surface area contributed by atoms with Gasteiger partial charge in [0.05, 0.1) is 11.6 Å². The third-order valence-electron chi connectivity index (χ3n) is 5.12. The molecule has 4 N–H and O–H groups in total. The smallest absolute Gasteiger partial charge is 0.220 e. The van der Waals surface area contributed by atoms with Crippen molar-refractivity contribution in [2.75, 3.05) is 31.1 Å². The number of rotatable bonds is 8. The molecule has 0 radical (unpaired) electrons. The lowest BCUT2D eigenvalue weighted by Gasteiger charge is -2.32. The van der Waals surface area contributed by atoms with E-state index in [2.05, 4.69) is 45.4 Å². The van der Waals surface area contributed by atoms with Crippen LogP contribution in [0.25, 0.3) is 0 Å². The van der Waals surface area contributed by atoms with Crippen LogP contribution in [0, 0.1) is 12.8 Å². The molecule has 1 aliphatic rings. The first-order valence-corrected chi connectivity index (χ1v) is 11.3. The van der Waals surface area contributed by atoms with Crippen LogP contribution in [0.4, 0.5) is 5.82 Å². The molecule has 0 aromatic carbocycles. The first kappa shape index (κ1) is 25.3. The van der Waals surface area contributed by atoms with Crippen LogP contribution in [0.15, 0.2) is 29.5 Å². The van der Waals surface area contributed by atoms with Crippen LogP contribution in [0.2, 0.25) is 0 Å². The zero-order chi connectivity index (χ0) is 21.3. The molecule has 0 bridgehead atoms. The van der Waals surface area contributed by atoms with E-state index >= 15 is 0 Å². The summed E-state index contributed by atoms with van der Waals surface area (Å²) < 4.78 is 0. The third kappa shape index (κ3) is 7.60. The van der Waals surface area contributed by atoms with Gasteiger partial charge in [-0.1, -0.05) is 6.07 Å². The number of carbonyl (C=O) groups is 1. The minimum atomic E-state index is -0.199. The number of thiazole rings is 1. The Morgan fingerprint density at radius 2 is 2.10 bits per heavy atom. The van der Waals surface area contributed by atoms with E-state index in [1.54, 1.807) is 11.3 Å². The number of nitrogens with zero attached hydrogens (tertiary/aromatic N) is 4. The van der Waals surface area contributed by atoms with Gasteiger partial charge in [-0.2, -0.15) is 0 Å². The molecule has 10 heteroatoms. The van der Waals surface area contributed by atoms with Crippen LogP contribution in [-0.4, -0.2) is 48.0 Å². The molecule has 0 unspecified atom stereocenters. The van der Waals surface area contributed by atoms with Gasteiger partial charge < -0.3 is 21.3 Å². The molecule has 1 aliphatic heterocycles. The Bertz CT molecular complexity index is 865. The largest absolute Gasteiger partial charge is 0.369 e. The molecule has 170 valence electrons. The molecule has 0 atom stereocenters. The third-order valence-corrected chi connectivity index (χ3v) is 6.09. The fourth-order valence-electron chi connectivity index (χ4n) is 3.53. The predicted octanol–water partition coefficient (Wildman–Crippen LogP) is 2.46. The Hall–Kier alpha value is -1.95. The van der Waals surface area contributed by atoms with E-state index in [0.29, 0.717) is 6.54 Å². The topological polar surface area (TPSA) is 109 Å². The monoisotopic (exact) mass is 557 g/mol. The van der Waals surface area contributed by atoms with Gasteiger partial charge >= 0.3 is 0 Å². The number of nitrogens with two attached hydrogens (primary N) is 1. The van der Waals surface area contributed by atoms with E-state index < -0.39 is 0 Å². The number of carbonyl (C=O) groups excluding carboxylic acids is 1. The number of guanidine groups is 1. The maximum atomic E-state index is 11.4. The van der Waals surface area contributed by atoms with Crippen molar-refractivity contribution in [1.29, 1.82) is 0 Å². The molecular weight excluding hydrogens is 525 g/mol. The van der Waals surface area contributed by atoms with Crippen molar-refractivity contribution in [1.82, 2.24) is 20.6 Å². The number of aromatic nitrogens is 2. The van der Waals surface area contributed by atoms with Crippen molar-refractivity contribution >= 4 is 53.0 Å². The number of nitrogens with one attached hydrogen (secondary N) is 2. The Morgan fingerprint density at radius 1 is 1.32 bits per heavy atom. The number of amides is 1. The average molecular weight is 558 g/mol. The molecule has 1 fully saturated rings. The maximum Gasteiger partial charge on any atom is 0.220 e. The van der Waals surface area contributed by atoms with Crippen molar-refractivity contribution in [3.8, 4) is 0 Å². The van der Waals surface area contributed by atoms with E-state index in [1.807, 2.05) is 18.5 Å². The summed E-state index contributed by atoms with van der Waals surface area (Å²) in [6.45, 7) is 7.80. The lowest BCUT2D eigenvalue weighted by molar-refractivity contribution is -0.122. The SMILES string of the molecule is CCNC(=NCc1cccnc1N1CCC(C(N)=O)CC1)NCCc1ncc(C)s1.I. The number of hydrogen-bond acceptors (Lipinski definition) is 6. The molecule has 2 aromatic rings. The molecule has 3 heterocycles. The average Bonchev–Trinajstić information content (AvgIpc) is 3.17. The molecule has 1 saturated heterocycles. The maximum absolute atomic E-state index is 11.4. The standard InChI is InChI=1S/C21H31N7OS.HI/c1-3-23-21(25-10-6-18-26-13-15(2)30-18)27-14-17-5-4-9-24-20(17)28-11-7-16(8-12-28)19(22)29;/h4-5,9,13,16H,3,6-8,10-12,14H2,1-2H3,(H2,22,29)(H2,23,25,27);1H. The predicted molar refractivity (Wildman–Crippen MR) is 137 cm³/mol. The lowest BCUT2D eigenvalue weighted by Crippen LogP contribution is -2.39. The first-order chi connectivity index (χ1) is 14.6. The Morgan fingerprint density at radius 3 is 2.74 bits per heavy atom. The highest BCUT2D eigenvalue weighted by Crippen LogP contribution is 2.24. The number of hydrogen-bond donors (Lipinski definition) is 3. The lowest BCUT2D eigenvalue weighted by atomic mass is 9.96. The summed E-state index contributed by atoms with van der Waals surface area (Å²) >= 11 is 1.73. The van der Waals surface area contributed by atoms with Gasteiger partial charge in [-0.15, -0.1) is 35.3 Å². The highest BCUT2D eigenvalue weighted by Gasteiger charge is 2.24. The van der Waals surface area contributed by atoms with Gasteiger partial charge in [0.25, 0.3) is 0 Å². The van der Waals surface area contributed by atoms with E-state index in [-0.39, 0.29) is 35.8 Å². The zero-order valence-electron chi connectivity index (χ0n) is 18.1. The number of aryl methyl sites for hydroxylation is 1. The number of pyridine rings is 1. The van der Waals surface area contributed by atoms with Crippen molar-refractivity contribution in [2.24, 2.45) is 16.6 Å². The minimum absolute atomic E-state index is 0. The summed E-state index contributed by atoms with van der Waals surface area (Å²) in [5.74, 6) is 1.50. The zero-order valence-corrected chi connectivity index (χ0v) is 21.3. The van der Waals surface area contributed by atoms with Crippen LogP contribution in [0.3, 0.4) is 0 Å². The second kappa shape index (κ2) is 12.8. The summed E-state index contributed by atoms with van der Waals surface area (Å²) in [6, 6.07) is 4.00. The highest BCUT2D eigenvalue weighted by atomic mass is 127. The molecular formula is C21H32IN7OS. The van der Waals surface area contributed by atoms with Crippen molar-refractivity contribution < 1.29 is 4.79 Å². The number of piperidine rings is 1. The first-order valence-electron chi connectivity index (χ1n) is 10.5. The van der Waals surface area contributed by atoms with Crippen LogP contribution in [0.5, 0.6) is 0 Å². The second-order valence-corrected chi connectivity index (χ2v) is 8.71. The molecule has 2 aromatic heterocycles. The number of halogens is 1. The van der Waals surface area contributed by atoms with Crippen molar-refractivity contribution in [2.45, 2.75) is 39.7 Å². The van der Waals surface area contributed by atoms with Gasteiger partial charge in [0.2, 0.25) is 5.91 Å². The summed E-state index contributed by atoms with van der Waals surface area (Å²) in [4.78, 5) is 28.7. The molecule has 0 saturated carbocycles. The van der Waals surface area contributed by atoms with Gasteiger partial charge in [-0.05, 0) is 32.8 Å². The van der Waals surface area contributed by atoms with Gasteiger partial charge in [0.15, 0.2) is 5.96 Å². The number of aliphatic imine (C=N–C) groups is 1. The summed E-state index contributed by atoms with van der Waals surface area (Å²) in [5.41, 5.74) is 6.53. The number of anilines is 1. The summed E-state index contributed by atoms with van der Waals surface area (Å²) in [5, 5.41) is 7.81. The quantitative estimate of drug-likeness (QED) is 0.262. The summed E-state index contributed by atoms with van der Waals surface area (Å²) in [7, 11) is 0. The van der Waals surface area contributed by atoms with Crippen LogP contribution in [0.1, 0.15) is 35.2 Å². The molecule has 3 rings (SSSR count). The Balaban J connectivity index is 0.00000341. The van der Waals surface area contributed by atoms with E-state index in [9.17, 15) is 4.79 Å². The van der Waals surface area contributed by atoms with Crippen LogP contribution >= 0.6 is 35.3 Å². The molecule has 8 nitrogen and oxygen atoms in total. The van der Waals surface area contributed by atoms with Crippen molar-refractivity contribution in [3.05, 3.63) is 40.0 Å². The fraction of sp³-hybridized carbons (Fsp3) is 0.524. The molecule has 1 amide bonds. The van der Waals surface area contributed by atoms with Gasteiger partial charge in [0.1, 0.15) is 5.82 Å². The molecule has 0 spiro atoms. The van der Waals surface area contributed by atoms with E-state index in [1.165, 1.54) is 4.88 Å². The summed E-state index contributed by atoms with van der Waals surface area (Å²) in [6.07, 6.45) is 6.14. The van der Waals surface area contributed by atoms with Crippen LogP contribution in [-0.2, 0) is 17.8 Å².